The molecule has 0 saturated carbocycles. The van der Waals surface area contributed by atoms with Crippen LogP contribution in [0.1, 0.15) is 99.8 Å². The van der Waals surface area contributed by atoms with Crippen molar-refractivity contribution in [2.45, 2.75) is 142 Å². The van der Waals surface area contributed by atoms with Crippen molar-refractivity contribution in [3.8, 4) is 17.2 Å². The predicted octanol–water partition coefficient (Wildman–Crippen LogP) is 16.1. The van der Waals surface area contributed by atoms with Crippen LogP contribution in [0, 0.1) is 17.5 Å². The number of carbonyl (C=O) groups is 2. The lowest BCUT2D eigenvalue weighted by Gasteiger charge is -2.27. The molecule has 0 fully saturated rings. The molecule has 0 aliphatic rings. The van der Waals surface area contributed by atoms with E-state index in [4.69, 9.17) is 66.2 Å². The monoisotopic (exact) mass is 1770 g/mol. The number of methoxy groups -OCH3 is 3. The fourth-order valence-corrected chi connectivity index (χ4v) is 14.2. The third-order valence-corrected chi connectivity index (χ3v) is 25.0. The first-order chi connectivity index (χ1) is 54.7. The van der Waals surface area contributed by atoms with Crippen molar-refractivity contribution in [1.82, 2.24) is 40.5 Å². The maximum Gasteiger partial charge on any atom is 0.471 e. The maximum absolute atomic E-state index is 14.8. The number of benzene rings is 6. The highest BCUT2D eigenvalue weighted by atomic mass is 35.5. The summed E-state index contributed by atoms with van der Waals surface area (Å²) in [5.74, 6) is -4.98. The summed E-state index contributed by atoms with van der Waals surface area (Å²) in [6, 6.07) is 26.6. The molecule has 9 rings (SSSR count). The lowest BCUT2D eigenvalue weighted by atomic mass is 9.84. The van der Waals surface area contributed by atoms with Crippen LogP contribution < -0.4 is 68.6 Å². The number of carbonyl (C=O) groups excluding carboxylic acids is 2. The van der Waals surface area contributed by atoms with Crippen molar-refractivity contribution >= 4 is 146 Å². The number of aromatic nitrogens is 6. The molecule has 0 bridgehead atoms. The van der Waals surface area contributed by atoms with Gasteiger partial charge in [0, 0.05) is 35.9 Å². The maximum atomic E-state index is 14.8. The van der Waals surface area contributed by atoms with Gasteiger partial charge in [-0.2, -0.15) is 41.3 Å². The molecule has 6 aromatic carbocycles. The molecule has 0 aliphatic heterocycles. The van der Waals surface area contributed by atoms with Gasteiger partial charge in [0.05, 0.1) is 104 Å². The van der Waals surface area contributed by atoms with Gasteiger partial charge in [0.2, 0.25) is 17.8 Å². The van der Waals surface area contributed by atoms with E-state index < -0.39 is 97.7 Å². The van der Waals surface area contributed by atoms with Gasteiger partial charge < -0.3 is 68.6 Å². The Morgan fingerprint density at radius 3 is 1.05 bits per heavy atom. The highest BCUT2D eigenvalue weighted by molar-refractivity contribution is 7.92. The van der Waals surface area contributed by atoms with Gasteiger partial charge in [-0.3, -0.25) is 9.59 Å². The van der Waals surface area contributed by atoms with Crippen molar-refractivity contribution < 1.29 is 88.6 Å². The third kappa shape index (κ3) is 24.6. The molecule has 0 radical (unpaired) electrons. The molecular weight excluding hydrogens is 1690 g/mol. The van der Waals surface area contributed by atoms with Gasteiger partial charge in [0.25, 0.3) is 0 Å². The van der Waals surface area contributed by atoms with E-state index in [-0.39, 0.29) is 101 Å². The number of nitrogen functional groups attached to an aromatic ring is 2. The second-order valence-electron chi connectivity index (χ2n) is 28.5. The van der Waals surface area contributed by atoms with Gasteiger partial charge in [-0.25, -0.2) is 53.4 Å². The zero-order valence-corrected chi connectivity index (χ0v) is 70.9. The number of hydrogen-bond donors (Lipinski definition) is 10. The Labute approximate surface area is 691 Å². The summed E-state index contributed by atoms with van der Waals surface area (Å²) in [4.78, 5) is 46.0. The average molecular weight is 1780 g/mol. The molecule has 42 heteroatoms. The number of hydrogen-bond acceptors (Lipinski definition) is 25. The van der Waals surface area contributed by atoms with E-state index in [1.807, 2.05) is 42.7 Å². The average Bonchev–Trinajstić information content (AvgIpc) is 0.796. The molecule has 0 unspecified atom stereocenters. The Hall–Kier alpha value is -10.5. The Morgan fingerprint density at radius 2 is 0.746 bits per heavy atom. The molecule has 118 heavy (non-hydrogen) atoms. The predicted molar refractivity (Wildman–Crippen MR) is 438 cm³/mol. The van der Waals surface area contributed by atoms with Crippen molar-refractivity contribution in [3.05, 3.63) is 177 Å². The molecule has 0 spiro atoms. The number of nitrogens with one attached hydrogen (secondary N) is 7. The number of anilines is 12. The molecule has 13 N–H and O–H groups in total. The lowest BCUT2D eigenvalue weighted by Crippen LogP contribution is -2.43. The highest BCUT2D eigenvalue weighted by Gasteiger charge is 2.41. The van der Waals surface area contributed by atoms with Gasteiger partial charge in [-0.1, -0.05) is 113 Å². The summed E-state index contributed by atoms with van der Waals surface area (Å²) >= 11 is 18.4. The topological polar surface area (TPSA) is 404 Å². The minimum Gasteiger partial charge on any atom is -0.495 e. The smallest absolute Gasteiger partial charge is 0.471 e. The first-order valence-corrected chi connectivity index (χ1v) is 40.9. The summed E-state index contributed by atoms with van der Waals surface area (Å²) < 4.78 is 210. The number of para-hydroxylation sites is 3. The van der Waals surface area contributed by atoms with E-state index in [9.17, 15) is 74.4 Å². The van der Waals surface area contributed by atoms with Crippen molar-refractivity contribution in [2.75, 3.05) is 79.0 Å². The van der Waals surface area contributed by atoms with E-state index in [1.165, 1.54) is 111 Å². The fraction of sp³-hybridized carbons (Fsp3) is 0.342. The molecule has 3 aromatic heterocycles. The summed E-state index contributed by atoms with van der Waals surface area (Å²) in [6.07, 6.45) is -6.11. The van der Waals surface area contributed by atoms with Crippen LogP contribution in [0.2, 0.25) is 15.1 Å². The Balaban J connectivity index is 0.000000254. The van der Waals surface area contributed by atoms with Crippen LogP contribution >= 0.6 is 34.8 Å². The van der Waals surface area contributed by atoms with Gasteiger partial charge in [-0.15, -0.1) is 0 Å². The number of amides is 2. The Morgan fingerprint density at radius 1 is 0.441 bits per heavy atom. The molecule has 3 heterocycles. The van der Waals surface area contributed by atoms with Crippen LogP contribution in [0.3, 0.4) is 0 Å². The number of sulfone groups is 3. The van der Waals surface area contributed by atoms with Crippen LogP contribution in [0.25, 0.3) is 0 Å². The molecule has 9 aromatic rings. The van der Waals surface area contributed by atoms with Crippen molar-refractivity contribution in [2.24, 2.45) is 5.73 Å². The van der Waals surface area contributed by atoms with Crippen LogP contribution in [-0.2, 0) is 55.3 Å². The fourth-order valence-electron chi connectivity index (χ4n) is 10.2. The highest BCUT2D eigenvalue weighted by Crippen LogP contribution is 2.40. The summed E-state index contributed by atoms with van der Waals surface area (Å²) in [7, 11) is -6.94. The quantitative estimate of drug-likeness (QED) is 0.0169. The molecule has 0 aliphatic carbocycles. The minimum atomic E-state index is -5.01. The van der Waals surface area contributed by atoms with Gasteiger partial charge in [0.15, 0.2) is 47.0 Å². The molecule has 0 saturated heterocycles. The first kappa shape index (κ1) is 96.4. The molecule has 640 valence electrons. The number of halogens is 12. The number of nitrogens with two attached hydrogens (primary N) is 3. The second-order valence-corrected chi connectivity index (χ2v) is 37.1. The summed E-state index contributed by atoms with van der Waals surface area (Å²) in [6.45, 7) is 19.8. The van der Waals surface area contributed by atoms with Crippen molar-refractivity contribution in [3.63, 3.8) is 0 Å². The largest absolute Gasteiger partial charge is 0.495 e. The van der Waals surface area contributed by atoms with E-state index in [0.29, 0.717) is 52.0 Å². The standard InChI is InChI=1S/C26H28ClF4N5O4S.C24H29ClFN5O3S.C13H14ClFN4O2S.C13H17F3N2O2/c1-14(2)41(38,39)20-8-6-7-17(28)21(20)35-22-16(27)12-32-24(36-22)34-18-11-15(9-10-19(18)40-5)25(3,4)13-33-23(37)26(29,30)31;1-14(2)35(32,33)20-8-6-7-17(26)21(20)30-22-16(25)12-28-23(31-22)29-18-11-15(24(3,4)13-27)9-10-19(18)34-5;1-7(2)22(20,21)10-5-3-4-9(15)11(10)18-12-8(14)6-17-13(16)19-12;1-12(2,7-18-11(19)13(14,15)16)8-4-5-10(20-3)9(17)6-8/h6-12,14H,13H2,1-5H3,(H,33,37)(H2,32,34,35,36);6-12,14H,13,27H2,1-5H3,(H2,28,29,30,31);3-7H,1-2H3,(H3,16,17,18,19);4-6H,7,17H2,1-3H3,(H,18,19). The second kappa shape index (κ2) is 39.4. The summed E-state index contributed by atoms with van der Waals surface area (Å²) in [5, 5.41) is 15.6. The summed E-state index contributed by atoms with van der Waals surface area (Å²) in [5.41, 5.74) is 18.0. The Kier molecular flexibility index (Phi) is 32.2. The number of ether oxygens (including phenoxy) is 3. The van der Waals surface area contributed by atoms with Crippen molar-refractivity contribution in [1.29, 1.82) is 0 Å². The van der Waals surface area contributed by atoms with E-state index in [2.05, 4.69) is 56.5 Å². The molecule has 27 nitrogen and oxygen atoms in total. The van der Waals surface area contributed by atoms with Crippen LogP contribution in [0.15, 0.2) is 142 Å². The zero-order valence-electron chi connectivity index (χ0n) is 66.1. The van der Waals surface area contributed by atoms with Crippen LogP contribution in [0.4, 0.5) is 109 Å². The SMILES string of the molecule is CC(C)S(=O)(=O)c1cccc(F)c1Nc1nc(N)ncc1Cl.COc1ccc(C(C)(C)CN)cc1Nc1ncc(Cl)c(Nc2c(F)cccc2S(=O)(=O)C(C)C)n1.COc1ccc(C(C)(C)CNC(=O)C(F)(F)F)cc1N.COc1ccc(C(C)(C)CNC(=O)C(F)(F)F)cc1Nc1ncc(Cl)c(Nc2c(F)cccc2S(=O)(=O)C(C)C)n1. The first-order valence-electron chi connectivity index (χ1n) is 35.1. The number of nitrogens with zero attached hydrogens (tertiary/aromatic N) is 6. The number of rotatable bonds is 27. The van der Waals surface area contributed by atoms with Gasteiger partial charge >= 0.3 is 24.2 Å². The van der Waals surface area contributed by atoms with E-state index in [0.717, 1.165) is 23.8 Å². The molecular formula is C76H88Cl3F9N16O11S3. The molecule has 0 atom stereocenters. The normalized spacial score (nSPS) is 12.1. The molecule has 2 amide bonds. The third-order valence-electron chi connectivity index (χ3n) is 17.6. The van der Waals surface area contributed by atoms with Gasteiger partial charge in [0.1, 0.15) is 49.8 Å². The Bertz CT molecular complexity index is 5470. The minimum absolute atomic E-state index is 0.0273. The van der Waals surface area contributed by atoms with E-state index >= 15 is 0 Å². The van der Waals surface area contributed by atoms with Gasteiger partial charge in [-0.05, 0) is 131 Å². The van der Waals surface area contributed by atoms with Crippen LogP contribution in [0.5, 0.6) is 17.2 Å². The van der Waals surface area contributed by atoms with E-state index in [1.54, 1.807) is 71.2 Å². The van der Waals surface area contributed by atoms with Crippen LogP contribution in [-0.4, -0.2) is 136 Å². The lowest BCUT2D eigenvalue weighted by molar-refractivity contribution is -0.173. The zero-order chi connectivity index (χ0) is 88.8. The number of alkyl halides is 6.